The molecule has 2 nitrogen and oxygen atoms in total. The lowest BCUT2D eigenvalue weighted by Gasteiger charge is -2.20. The number of alkyl halides is 2. The molecule has 1 heterocycles. The van der Waals surface area contributed by atoms with E-state index in [1.54, 1.807) is 4.90 Å². The molecule has 1 aromatic carbocycles. The van der Waals surface area contributed by atoms with E-state index < -0.39 is 5.92 Å². The molecule has 0 spiro atoms. The lowest BCUT2D eigenvalue weighted by atomic mass is 10.1. The quantitative estimate of drug-likeness (QED) is 0.854. The maximum absolute atomic E-state index is 13.0. The molecule has 1 unspecified atom stereocenters. The maximum Gasteiger partial charge on any atom is 0.261 e. The lowest BCUT2D eigenvalue weighted by molar-refractivity contribution is 0.0118. The van der Waals surface area contributed by atoms with Crippen molar-refractivity contribution in [1.82, 2.24) is 4.90 Å². The highest BCUT2D eigenvalue weighted by molar-refractivity contribution is 5.18. The fourth-order valence-corrected chi connectivity index (χ4v) is 2.05. The Balaban J connectivity index is 1.91. The molecule has 1 aromatic rings. The summed E-state index contributed by atoms with van der Waals surface area (Å²) in [6, 6.07) is 9.41. The first kappa shape index (κ1) is 11.5. The fraction of sp³-hybridized carbons (Fsp3) is 0.500. The molecular formula is C12H16F2N2. The van der Waals surface area contributed by atoms with Crippen molar-refractivity contribution in [1.29, 1.82) is 0 Å². The van der Waals surface area contributed by atoms with E-state index in [9.17, 15) is 8.78 Å². The molecule has 0 amide bonds. The van der Waals surface area contributed by atoms with E-state index in [4.69, 9.17) is 5.73 Å². The predicted octanol–water partition coefficient (Wildman–Crippen LogP) is 2.03. The van der Waals surface area contributed by atoms with E-state index in [1.807, 2.05) is 30.3 Å². The smallest absolute Gasteiger partial charge is 0.261 e. The van der Waals surface area contributed by atoms with E-state index in [-0.39, 0.29) is 19.0 Å². The number of benzene rings is 1. The summed E-state index contributed by atoms with van der Waals surface area (Å²) in [6.45, 7) is 0.778. The van der Waals surface area contributed by atoms with Crippen molar-refractivity contribution in [3.8, 4) is 0 Å². The Labute approximate surface area is 94.0 Å². The van der Waals surface area contributed by atoms with Gasteiger partial charge in [-0.15, -0.1) is 0 Å². The van der Waals surface area contributed by atoms with Crippen molar-refractivity contribution in [2.45, 2.75) is 18.4 Å². The summed E-state index contributed by atoms with van der Waals surface area (Å²) in [5.41, 5.74) is 6.97. The number of hydrogen-bond acceptors (Lipinski definition) is 2. The zero-order chi connectivity index (χ0) is 11.6. The van der Waals surface area contributed by atoms with Crippen molar-refractivity contribution >= 4 is 0 Å². The molecule has 1 saturated heterocycles. The van der Waals surface area contributed by atoms with Gasteiger partial charge in [-0.2, -0.15) is 0 Å². The summed E-state index contributed by atoms with van der Waals surface area (Å²) in [5.74, 6) is -2.53. The second-order valence-corrected chi connectivity index (χ2v) is 4.36. The van der Waals surface area contributed by atoms with Crippen LogP contribution < -0.4 is 5.73 Å². The molecule has 16 heavy (non-hydrogen) atoms. The van der Waals surface area contributed by atoms with Gasteiger partial charge < -0.3 is 5.73 Å². The van der Waals surface area contributed by atoms with Crippen LogP contribution >= 0.6 is 0 Å². The number of rotatable bonds is 3. The van der Waals surface area contributed by atoms with Gasteiger partial charge in [0.1, 0.15) is 0 Å². The molecule has 0 aliphatic carbocycles. The third kappa shape index (κ3) is 2.77. The molecule has 1 atom stereocenters. The van der Waals surface area contributed by atoms with Crippen molar-refractivity contribution in [3.05, 3.63) is 35.9 Å². The molecule has 1 aliphatic heterocycles. The number of nitrogens with zero attached hydrogens (tertiary/aromatic N) is 1. The molecule has 1 fully saturated rings. The van der Waals surface area contributed by atoms with Crippen molar-refractivity contribution < 1.29 is 8.78 Å². The Morgan fingerprint density at radius 3 is 2.56 bits per heavy atom. The molecule has 0 bridgehead atoms. The predicted molar refractivity (Wildman–Crippen MR) is 59.4 cm³/mol. The highest BCUT2D eigenvalue weighted by Gasteiger charge is 2.38. The van der Waals surface area contributed by atoms with Gasteiger partial charge in [0.2, 0.25) is 0 Å². The van der Waals surface area contributed by atoms with Crippen LogP contribution in [0.5, 0.6) is 0 Å². The van der Waals surface area contributed by atoms with Crippen LogP contribution in [0.4, 0.5) is 8.78 Å². The van der Waals surface area contributed by atoms with Gasteiger partial charge in [0.25, 0.3) is 5.92 Å². The Hall–Kier alpha value is -1.00. The van der Waals surface area contributed by atoms with Gasteiger partial charge in [0, 0.05) is 25.6 Å². The van der Waals surface area contributed by atoms with Crippen molar-refractivity contribution in [2.75, 3.05) is 19.6 Å². The average Bonchev–Trinajstić information content (AvgIpc) is 2.59. The first-order chi connectivity index (χ1) is 7.57. The van der Waals surface area contributed by atoms with Gasteiger partial charge in [-0.05, 0) is 5.56 Å². The van der Waals surface area contributed by atoms with Crippen LogP contribution in [-0.4, -0.2) is 30.5 Å². The normalized spacial score (nSPS) is 22.2. The lowest BCUT2D eigenvalue weighted by Crippen LogP contribution is -2.32. The zero-order valence-electron chi connectivity index (χ0n) is 9.07. The summed E-state index contributed by atoms with van der Waals surface area (Å²) in [4.78, 5) is 1.73. The molecule has 0 saturated carbocycles. The molecule has 4 heteroatoms. The topological polar surface area (TPSA) is 29.3 Å². The monoisotopic (exact) mass is 226 g/mol. The highest BCUT2D eigenvalue weighted by atomic mass is 19.3. The first-order valence-corrected chi connectivity index (χ1v) is 5.47. The largest absolute Gasteiger partial charge is 0.323 e. The zero-order valence-corrected chi connectivity index (χ0v) is 9.07. The van der Waals surface area contributed by atoms with E-state index in [0.717, 1.165) is 5.56 Å². The van der Waals surface area contributed by atoms with Crippen LogP contribution in [-0.2, 0) is 0 Å². The minimum atomic E-state index is -2.53. The SMILES string of the molecule is NC(CN1CCC(F)(F)C1)c1ccccc1. The Bertz CT molecular complexity index is 340. The minimum absolute atomic E-state index is 0.0471. The van der Waals surface area contributed by atoms with Crippen LogP contribution in [0.15, 0.2) is 30.3 Å². The number of nitrogens with two attached hydrogens (primary N) is 1. The number of halogens is 2. The summed E-state index contributed by atoms with van der Waals surface area (Å²) in [5, 5.41) is 0. The van der Waals surface area contributed by atoms with Crippen molar-refractivity contribution in [3.63, 3.8) is 0 Å². The van der Waals surface area contributed by atoms with E-state index in [2.05, 4.69) is 0 Å². The van der Waals surface area contributed by atoms with Crippen LogP contribution in [0.1, 0.15) is 18.0 Å². The average molecular weight is 226 g/mol. The van der Waals surface area contributed by atoms with Gasteiger partial charge in [0.15, 0.2) is 0 Å². The van der Waals surface area contributed by atoms with E-state index in [1.165, 1.54) is 0 Å². The fourth-order valence-electron chi connectivity index (χ4n) is 2.05. The van der Waals surface area contributed by atoms with Gasteiger partial charge in [-0.1, -0.05) is 30.3 Å². The van der Waals surface area contributed by atoms with Crippen LogP contribution in [0.2, 0.25) is 0 Å². The second-order valence-electron chi connectivity index (χ2n) is 4.36. The van der Waals surface area contributed by atoms with Gasteiger partial charge in [-0.3, -0.25) is 4.90 Å². The standard InChI is InChI=1S/C12H16F2N2/c13-12(14)6-7-16(9-12)8-11(15)10-4-2-1-3-5-10/h1-5,11H,6-9,15H2. The van der Waals surface area contributed by atoms with Crippen LogP contribution in [0.3, 0.4) is 0 Å². The molecule has 0 radical (unpaired) electrons. The second kappa shape index (κ2) is 4.47. The summed E-state index contributed by atoms with van der Waals surface area (Å²) in [6.07, 6.45) is -0.0471. The Morgan fingerprint density at radius 1 is 1.31 bits per heavy atom. The highest BCUT2D eigenvalue weighted by Crippen LogP contribution is 2.27. The minimum Gasteiger partial charge on any atom is -0.323 e. The number of hydrogen-bond donors (Lipinski definition) is 1. The molecule has 1 aliphatic rings. The van der Waals surface area contributed by atoms with Gasteiger partial charge >= 0.3 is 0 Å². The van der Waals surface area contributed by atoms with Crippen molar-refractivity contribution in [2.24, 2.45) is 5.73 Å². The first-order valence-electron chi connectivity index (χ1n) is 5.47. The molecular weight excluding hydrogens is 210 g/mol. The summed E-state index contributed by atoms with van der Waals surface area (Å²) in [7, 11) is 0. The maximum atomic E-state index is 13.0. The van der Waals surface area contributed by atoms with E-state index >= 15 is 0 Å². The van der Waals surface area contributed by atoms with Crippen LogP contribution in [0, 0.1) is 0 Å². The molecule has 88 valence electrons. The Kier molecular flexibility index (Phi) is 3.21. The van der Waals surface area contributed by atoms with Gasteiger partial charge in [-0.25, -0.2) is 8.78 Å². The molecule has 0 aromatic heterocycles. The third-order valence-electron chi connectivity index (χ3n) is 2.93. The molecule has 2 rings (SSSR count). The number of likely N-dealkylation sites (tertiary alicyclic amines) is 1. The summed E-state index contributed by atoms with van der Waals surface area (Å²) >= 11 is 0. The summed E-state index contributed by atoms with van der Waals surface area (Å²) < 4.78 is 25.9. The van der Waals surface area contributed by atoms with Gasteiger partial charge in [0.05, 0.1) is 6.54 Å². The molecule has 2 N–H and O–H groups in total. The van der Waals surface area contributed by atoms with E-state index in [0.29, 0.717) is 13.1 Å². The Morgan fingerprint density at radius 2 is 2.00 bits per heavy atom. The van der Waals surface area contributed by atoms with Crippen LogP contribution in [0.25, 0.3) is 0 Å². The third-order valence-corrected chi connectivity index (χ3v) is 2.93.